The summed E-state index contributed by atoms with van der Waals surface area (Å²) in [5, 5.41) is 9.03. The van der Waals surface area contributed by atoms with Crippen molar-refractivity contribution < 1.29 is 14.7 Å². The van der Waals surface area contributed by atoms with Crippen molar-refractivity contribution in [3.05, 3.63) is 35.4 Å². The molecule has 0 saturated heterocycles. The fourth-order valence-corrected chi connectivity index (χ4v) is 2.34. The molecule has 0 heterocycles. The number of aliphatic carboxylic acids is 1. The largest absolute Gasteiger partial charge is 0.481 e. The maximum atomic E-state index is 11.9. The third kappa shape index (κ3) is 1.85. The van der Waals surface area contributed by atoms with Gasteiger partial charge in [-0.25, -0.2) is 0 Å². The zero-order valence-corrected chi connectivity index (χ0v) is 9.14. The van der Waals surface area contributed by atoms with E-state index in [9.17, 15) is 9.59 Å². The van der Waals surface area contributed by atoms with Crippen molar-refractivity contribution in [2.45, 2.75) is 25.7 Å². The summed E-state index contributed by atoms with van der Waals surface area (Å²) in [6.07, 6.45) is 0.661. The van der Waals surface area contributed by atoms with Crippen LogP contribution in [0.5, 0.6) is 0 Å². The van der Waals surface area contributed by atoms with Crippen LogP contribution in [0.3, 0.4) is 0 Å². The van der Waals surface area contributed by atoms with E-state index in [1.807, 2.05) is 25.1 Å². The van der Waals surface area contributed by atoms with Gasteiger partial charge >= 0.3 is 5.97 Å². The average Bonchev–Trinajstić information content (AvgIpc) is 2.39. The molecule has 0 aliphatic heterocycles. The fraction of sp³-hybridized carbons (Fsp3) is 0.385. The Morgan fingerprint density at radius 3 is 2.75 bits per heavy atom. The molecule has 0 radical (unpaired) electrons. The molecule has 84 valence electrons. The summed E-state index contributed by atoms with van der Waals surface area (Å²) < 4.78 is 0. The van der Waals surface area contributed by atoms with Crippen LogP contribution >= 0.6 is 0 Å². The van der Waals surface area contributed by atoms with Crippen molar-refractivity contribution in [1.82, 2.24) is 0 Å². The van der Waals surface area contributed by atoms with E-state index in [2.05, 4.69) is 0 Å². The number of hydrogen-bond acceptors (Lipinski definition) is 2. The van der Waals surface area contributed by atoms with Crippen LogP contribution in [0.2, 0.25) is 0 Å². The Morgan fingerprint density at radius 2 is 2.06 bits per heavy atom. The highest BCUT2D eigenvalue weighted by Crippen LogP contribution is 2.33. The van der Waals surface area contributed by atoms with Gasteiger partial charge in [0, 0.05) is 12.0 Å². The zero-order chi connectivity index (χ0) is 11.7. The molecule has 16 heavy (non-hydrogen) atoms. The van der Waals surface area contributed by atoms with Crippen LogP contribution in [0.25, 0.3) is 0 Å². The Kier molecular flexibility index (Phi) is 2.77. The molecule has 0 saturated carbocycles. The smallest absolute Gasteiger partial charge is 0.306 e. The molecular formula is C13H14O3. The lowest BCUT2D eigenvalue weighted by Gasteiger charge is -2.13. The molecule has 0 amide bonds. The van der Waals surface area contributed by atoms with E-state index in [-0.39, 0.29) is 18.1 Å². The third-order valence-corrected chi connectivity index (χ3v) is 3.21. The minimum Gasteiger partial charge on any atom is -0.481 e. The summed E-state index contributed by atoms with van der Waals surface area (Å²) in [5.41, 5.74) is 1.68. The third-order valence-electron chi connectivity index (χ3n) is 3.21. The summed E-state index contributed by atoms with van der Waals surface area (Å²) >= 11 is 0. The summed E-state index contributed by atoms with van der Waals surface area (Å²) in [4.78, 5) is 22.9. The monoisotopic (exact) mass is 218 g/mol. The molecule has 1 aliphatic rings. The van der Waals surface area contributed by atoms with E-state index < -0.39 is 11.9 Å². The minimum absolute atomic E-state index is 0.0487. The SMILES string of the molecule is CC1CC(C(=O)O)CC(=O)c2ccccc21. The van der Waals surface area contributed by atoms with E-state index >= 15 is 0 Å². The summed E-state index contributed by atoms with van der Waals surface area (Å²) in [7, 11) is 0. The standard InChI is InChI=1S/C13H14O3/c1-8-6-9(13(15)16)7-12(14)11-5-3-2-4-10(8)11/h2-5,8-9H,6-7H2,1H3,(H,15,16). The lowest BCUT2D eigenvalue weighted by molar-refractivity contribution is -0.142. The molecule has 1 aliphatic carbocycles. The number of carbonyl (C=O) groups excluding carboxylic acids is 1. The van der Waals surface area contributed by atoms with E-state index in [4.69, 9.17) is 5.11 Å². The molecule has 2 atom stereocenters. The van der Waals surface area contributed by atoms with Crippen LogP contribution in [0.1, 0.15) is 41.6 Å². The van der Waals surface area contributed by atoms with Gasteiger partial charge in [-0.3, -0.25) is 9.59 Å². The van der Waals surface area contributed by atoms with Gasteiger partial charge in [-0.2, -0.15) is 0 Å². The average molecular weight is 218 g/mol. The molecule has 3 heteroatoms. The van der Waals surface area contributed by atoms with Gasteiger partial charge in [0.2, 0.25) is 0 Å². The normalized spacial score (nSPS) is 24.7. The first-order valence-corrected chi connectivity index (χ1v) is 5.44. The zero-order valence-electron chi connectivity index (χ0n) is 9.14. The lowest BCUT2D eigenvalue weighted by Crippen LogP contribution is -2.16. The second kappa shape index (κ2) is 4.08. The van der Waals surface area contributed by atoms with Crippen LogP contribution in [-0.2, 0) is 4.79 Å². The maximum absolute atomic E-state index is 11.9. The van der Waals surface area contributed by atoms with Gasteiger partial charge in [0.1, 0.15) is 0 Å². The first-order valence-electron chi connectivity index (χ1n) is 5.44. The van der Waals surface area contributed by atoms with Gasteiger partial charge in [-0.15, -0.1) is 0 Å². The molecule has 0 fully saturated rings. The number of hydrogen-bond donors (Lipinski definition) is 1. The van der Waals surface area contributed by atoms with Gasteiger partial charge in [0.05, 0.1) is 5.92 Å². The summed E-state index contributed by atoms with van der Waals surface area (Å²) in [5.74, 6) is -1.33. The maximum Gasteiger partial charge on any atom is 0.306 e. The highest BCUT2D eigenvalue weighted by molar-refractivity contribution is 6.00. The second-order valence-corrected chi connectivity index (χ2v) is 4.39. The van der Waals surface area contributed by atoms with Crippen molar-refractivity contribution in [2.24, 2.45) is 5.92 Å². The molecule has 2 unspecified atom stereocenters. The van der Waals surface area contributed by atoms with Gasteiger partial charge in [0.15, 0.2) is 5.78 Å². The van der Waals surface area contributed by atoms with Crippen LogP contribution in [-0.4, -0.2) is 16.9 Å². The van der Waals surface area contributed by atoms with E-state index in [1.165, 1.54) is 0 Å². The Bertz CT molecular complexity index is 437. The molecule has 3 nitrogen and oxygen atoms in total. The van der Waals surface area contributed by atoms with Crippen molar-refractivity contribution in [1.29, 1.82) is 0 Å². The number of benzene rings is 1. The van der Waals surface area contributed by atoms with E-state index in [1.54, 1.807) is 6.07 Å². The molecule has 0 bridgehead atoms. The number of rotatable bonds is 1. The quantitative estimate of drug-likeness (QED) is 0.737. The Hall–Kier alpha value is -1.64. The summed E-state index contributed by atoms with van der Waals surface area (Å²) in [6.45, 7) is 1.98. The number of fused-ring (bicyclic) bond motifs is 1. The van der Waals surface area contributed by atoms with Crippen LogP contribution in [0.4, 0.5) is 0 Å². The number of carbonyl (C=O) groups is 2. The van der Waals surface area contributed by atoms with Gasteiger partial charge in [-0.05, 0) is 17.9 Å². The topological polar surface area (TPSA) is 54.4 Å². The van der Waals surface area contributed by atoms with Gasteiger partial charge in [-0.1, -0.05) is 31.2 Å². The lowest BCUT2D eigenvalue weighted by atomic mass is 9.91. The second-order valence-electron chi connectivity index (χ2n) is 4.39. The molecule has 0 spiro atoms. The minimum atomic E-state index is -0.868. The van der Waals surface area contributed by atoms with Crippen molar-refractivity contribution in [3.8, 4) is 0 Å². The molecule has 2 rings (SSSR count). The summed E-state index contributed by atoms with van der Waals surface area (Å²) in [6, 6.07) is 7.43. The molecule has 1 aromatic carbocycles. The number of carboxylic acids is 1. The first-order chi connectivity index (χ1) is 7.59. The van der Waals surface area contributed by atoms with Gasteiger partial charge in [0.25, 0.3) is 0 Å². The fourth-order valence-electron chi connectivity index (χ4n) is 2.34. The van der Waals surface area contributed by atoms with Crippen molar-refractivity contribution in [3.63, 3.8) is 0 Å². The number of ketones is 1. The van der Waals surface area contributed by atoms with Crippen LogP contribution in [0.15, 0.2) is 24.3 Å². The number of carboxylic acid groups (broad SMARTS) is 1. The van der Waals surface area contributed by atoms with Crippen LogP contribution in [0, 0.1) is 5.92 Å². The molecule has 0 aromatic heterocycles. The Balaban J connectivity index is 2.41. The van der Waals surface area contributed by atoms with Crippen molar-refractivity contribution >= 4 is 11.8 Å². The highest BCUT2D eigenvalue weighted by Gasteiger charge is 2.30. The van der Waals surface area contributed by atoms with E-state index in [0.29, 0.717) is 12.0 Å². The van der Waals surface area contributed by atoms with Gasteiger partial charge < -0.3 is 5.11 Å². The molecular weight excluding hydrogens is 204 g/mol. The predicted octanol–water partition coefficient (Wildman–Crippen LogP) is 2.47. The van der Waals surface area contributed by atoms with E-state index in [0.717, 1.165) is 5.56 Å². The van der Waals surface area contributed by atoms with Crippen molar-refractivity contribution in [2.75, 3.05) is 0 Å². The Labute approximate surface area is 94.1 Å². The first kappa shape index (κ1) is 10.9. The number of Topliss-reactive ketones (excluding diaryl/α,β-unsaturated/α-hetero) is 1. The Morgan fingerprint density at radius 1 is 1.38 bits per heavy atom. The van der Waals surface area contributed by atoms with Crippen LogP contribution < -0.4 is 0 Å². The molecule has 1 N–H and O–H groups in total. The highest BCUT2D eigenvalue weighted by atomic mass is 16.4. The predicted molar refractivity (Wildman–Crippen MR) is 59.5 cm³/mol. The molecule has 1 aromatic rings.